The Bertz CT molecular complexity index is 590. The number of halogens is 2. The van der Waals surface area contributed by atoms with Gasteiger partial charge in [0.1, 0.15) is 12.6 Å². The quantitative estimate of drug-likeness (QED) is 0.856. The van der Waals surface area contributed by atoms with E-state index in [4.69, 9.17) is 27.9 Å². The number of fused-ring (bicyclic) bond motifs is 1. The molecule has 6 heteroatoms. The molecule has 1 aromatic carbocycles. The summed E-state index contributed by atoms with van der Waals surface area (Å²) >= 11 is 11.8. The summed E-state index contributed by atoms with van der Waals surface area (Å²) in [5.41, 5.74) is 0.905. The number of nitrogens with zero attached hydrogens (tertiary/aromatic N) is 1. The zero-order chi connectivity index (χ0) is 15.0. The van der Waals surface area contributed by atoms with Crippen molar-refractivity contribution in [3.8, 4) is 0 Å². The van der Waals surface area contributed by atoms with Crippen LogP contribution in [0.25, 0.3) is 0 Å². The van der Waals surface area contributed by atoms with E-state index in [2.05, 4.69) is 0 Å². The molecule has 4 nitrogen and oxygen atoms in total. The first-order valence-electron chi connectivity index (χ1n) is 6.78. The van der Waals surface area contributed by atoms with Gasteiger partial charge in [-0.3, -0.25) is 9.59 Å². The van der Waals surface area contributed by atoms with Crippen molar-refractivity contribution in [2.24, 2.45) is 0 Å². The fraction of sp³-hybridized carbons (Fsp3) is 0.400. The zero-order valence-electron chi connectivity index (χ0n) is 11.2. The fourth-order valence-corrected chi connectivity index (χ4v) is 3.15. The van der Waals surface area contributed by atoms with Crippen LogP contribution in [-0.4, -0.2) is 41.9 Å². The van der Waals surface area contributed by atoms with E-state index in [0.29, 0.717) is 23.0 Å². The van der Waals surface area contributed by atoms with Crippen molar-refractivity contribution in [1.29, 1.82) is 0 Å². The highest BCUT2D eigenvalue weighted by atomic mass is 35.5. The standard InChI is InChI=1S/C15H14Cl2NO3/c16-10-3-1-9(7-11(10)17)2-4-14(20)18-6-5-13-15(18)12(19)8-21-13/h1,3-4,7,13,15H,2,5-6,8H2. The molecule has 0 N–H and O–H groups in total. The number of benzene rings is 1. The summed E-state index contributed by atoms with van der Waals surface area (Å²) in [6.07, 6.45) is 2.63. The molecular formula is C15H14Cl2NO3. The largest absolute Gasteiger partial charge is 0.368 e. The molecule has 1 amide bonds. The lowest BCUT2D eigenvalue weighted by Crippen LogP contribution is -2.42. The van der Waals surface area contributed by atoms with Crippen molar-refractivity contribution in [1.82, 2.24) is 4.90 Å². The molecule has 2 aliphatic rings. The van der Waals surface area contributed by atoms with Gasteiger partial charge in [0.2, 0.25) is 5.91 Å². The number of ketones is 1. The van der Waals surface area contributed by atoms with Crippen LogP contribution in [-0.2, 0) is 20.7 Å². The molecule has 2 unspecified atom stereocenters. The van der Waals surface area contributed by atoms with Crippen molar-refractivity contribution in [2.75, 3.05) is 13.2 Å². The maximum Gasteiger partial charge on any atom is 0.227 e. The summed E-state index contributed by atoms with van der Waals surface area (Å²) in [5, 5.41) is 0.957. The first-order chi connectivity index (χ1) is 10.1. The molecule has 2 fully saturated rings. The number of hydrogen-bond acceptors (Lipinski definition) is 3. The lowest BCUT2D eigenvalue weighted by molar-refractivity contribution is -0.133. The minimum Gasteiger partial charge on any atom is -0.368 e. The molecule has 3 rings (SSSR count). The van der Waals surface area contributed by atoms with Crippen molar-refractivity contribution in [3.63, 3.8) is 0 Å². The van der Waals surface area contributed by atoms with E-state index >= 15 is 0 Å². The van der Waals surface area contributed by atoms with Crippen molar-refractivity contribution < 1.29 is 14.3 Å². The lowest BCUT2D eigenvalue weighted by atomic mass is 10.1. The second kappa shape index (κ2) is 5.95. The maximum atomic E-state index is 12.3. The van der Waals surface area contributed by atoms with Crippen LogP contribution in [0.2, 0.25) is 10.0 Å². The number of Topliss-reactive ketones (excluding diaryl/α,β-unsaturated/α-hetero) is 1. The van der Waals surface area contributed by atoms with Crippen molar-refractivity contribution in [2.45, 2.75) is 25.0 Å². The Morgan fingerprint density at radius 3 is 2.95 bits per heavy atom. The third-order valence-corrected chi connectivity index (χ3v) is 4.63. The van der Waals surface area contributed by atoms with E-state index in [1.807, 2.05) is 6.07 Å². The van der Waals surface area contributed by atoms with Gasteiger partial charge in [0.05, 0.1) is 22.6 Å². The third kappa shape index (κ3) is 2.93. The molecular weight excluding hydrogens is 313 g/mol. The smallest absolute Gasteiger partial charge is 0.227 e. The molecule has 2 saturated heterocycles. The van der Waals surface area contributed by atoms with E-state index in [1.165, 1.54) is 0 Å². The van der Waals surface area contributed by atoms with E-state index < -0.39 is 6.04 Å². The van der Waals surface area contributed by atoms with E-state index in [1.54, 1.807) is 23.5 Å². The Kier molecular flexibility index (Phi) is 4.20. The number of rotatable bonds is 3. The topological polar surface area (TPSA) is 46.6 Å². The second-order valence-electron chi connectivity index (χ2n) is 5.24. The average Bonchev–Trinajstić information content (AvgIpc) is 3.03. The highest BCUT2D eigenvalue weighted by molar-refractivity contribution is 6.42. The molecule has 0 aromatic heterocycles. The molecule has 0 bridgehead atoms. The average molecular weight is 327 g/mol. The van der Waals surface area contributed by atoms with E-state index in [-0.39, 0.29) is 24.4 Å². The van der Waals surface area contributed by atoms with E-state index in [9.17, 15) is 9.59 Å². The summed E-state index contributed by atoms with van der Waals surface area (Å²) in [7, 11) is 0. The Labute approximate surface area is 133 Å². The normalized spacial score (nSPS) is 24.5. The van der Waals surface area contributed by atoms with Gasteiger partial charge >= 0.3 is 0 Å². The Hall–Kier alpha value is -1.10. The first-order valence-corrected chi connectivity index (χ1v) is 7.54. The Morgan fingerprint density at radius 2 is 2.19 bits per heavy atom. The molecule has 0 saturated carbocycles. The fourth-order valence-electron chi connectivity index (χ4n) is 2.83. The Morgan fingerprint density at radius 1 is 1.38 bits per heavy atom. The minimum absolute atomic E-state index is 0.00575. The van der Waals surface area contributed by atoms with Crippen molar-refractivity contribution in [3.05, 3.63) is 40.2 Å². The monoisotopic (exact) mass is 326 g/mol. The number of amides is 1. The van der Waals surface area contributed by atoms with Gasteiger partial charge in [-0.15, -0.1) is 0 Å². The number of carbonyl (C=O) groups excluding carboxylic acids is 2. The number of carbonyl (C=O) groups is 2. The van der Waals surface area contributed by atoms with Gasteiger partial charge in [-0.1, -0.05) is 29.3 Å². The molecule has 1 radical (unpaired) electrons. The van der Waals surface area contributed by atoms with Crippen LogP contribution < -0.4 is 0 Å². The summed E-state index contributed by atoms with van der Waals surface area (Å²) < 4.78 is 5.37. The predicted octanol–water partition coefficient (Wildman–Crippen LogP) is 2.31. The van der Waals surface area contributed by atoms with Crippen molar-refractivity contribution >= 4 is 34.9 Å². The first kappa shape index (κ1) is 14.8. The summed E-state index contributed by atoms with van der Waals surface area (Å²) in [6, 6.07) is 4.87. The van der Waals surface area contributed by atoms with Crippen LogP contribution >= 0.6 is 23.2 Å². The highest BCUT2D eigenvalue weighted by Gasteiger charge is 2.46. The molecule has 2 aliphatic heterocycles. The molecule has 1 aromatic rings. The molecule has 0 aliphatic carbocycles. The van der Waals surface area contributed by atoms with Gasteiger partial charge in [0, 0.05) is 6.54 Å². The highest BCUT2D eigenvalue weighted by Crippen LogP contribution is 2.28. The number of ether oxygens (including phenoxy) is 1. The van der Waals surface area contributed by atoms with Gasteiger partial charge in [-0.2, -0.15) is 0 Å². The van der Waals surface area contributed by atoms with Gasteiger partial charge in [0.25, 0.3) is 0 Å². The van der Waals surface area contributed by atoms with Crippen LogP contribution in [0.1, 0.15) is 12.0 Å². The van der Waals surface area contributed by atoms with Gasteiger partial charge in [-0.25, -0.2) is 0 Å². The molecule has 2 heterocycles. The predicted molar refractivity (Wildman–Crippen MR) is 79.3 cm³/mol. The number of likely N-dealkylation sites (tertiary alicyclic amines) is 1. The third-order valence-electron chi connectivity index (χ3n) is 3.89. The van der Waals surface area contributed by atoms with Crippen LogP contribution in [0.3, 0.4) is 0 Å². The van der Waals surface area contributed by atoms with Crippen LogP contribution in [0.4, 0.5) is 0 Å². The molecule has 0 spiro atoms. The molecule has 21 heavy (non-hydrogen) atoms. The van der Waals surface area contributed by atoms with Gasteiger partial charge in [0.15, 0.2) is 5.78 Å². The summed E-state index contributed by atoms with van der Waals surface area (Å²) in [6.45, 7) is 0.684. The summed E-state index contributed by atoms with van der Waals surface area (Å²) in [5.74, 6) is -0.138. The Balaban J connectivity index is 1.61. The van der Waals surface area contributed by atoms with Gasteiger partial charge < -0.3 is 9.64 Å². The zero-order valence-corrected chi connectivity index (χ0v) is 12.7. The molecule has 111 valence electrons. The SMILES string of the molecule is O=C1COC2CCN(C(=O)[CH]Cc3ccc(Cl)c(Cl)c3)C12. The maximum absolute atomic E-state index is 12.3. The lowest BCUT2D eigenvalue weighted by Gasteiger charge is -2.21. The van der Waals surface area contributed by atoms with Crippen LogP contribution in [0, 0.1) is 6.42 Å². The van der Waals surface area contributed by atoms with Crippen LogP contribution in [0.15, 0.2) is 18.2 Å². The van der Waals surface area contributed by atoms with E-state index in [0.717, 1.165) is 12.0 Å². The van der Waals surface area contributed by atoms with Crippen LogP contribution in [0.5, 0.6) is 0 Å². The second-order valence-corrected chi connectivity index (χ2v) is 6.05. The van der Waals surface area contributed by atoms with Gasteiger partial charge in [-0.05, 0) is 30.5 Å². The number of hydrogen-bond donors (Lipinski definition) is 0. The minimum atomic E-state index is -0.400. The summed E-state index contributed by atoms with van der Waals surface area (Å²) in [4.78, 5) is 25.6. The molecule has 2 atom stereocenters.